The highest BCUT2D eigenvalue weighted by molar-refractivity contribution is 6.00. The summed E-state index contributed by atoms with van der Waals surface area (Å²) in [6.07, 6.45) is 2.25. The van der Waals surface area contributed by atoms with Gasteiger partial charge in [-0.25, -0.2) is 0 Å². The average molecular weight is 389 g/mol. The summed E-state index contributed by atoms with van der Waals surface area (Å²) in [4.78, 5) is 43.4. The molecule has 0 bridgehead atoms. The lowest BCUT2D eigenvalue weighted by atomic mass is 9.90. The van der Waals surface area contributed by atoms with Crippen LogP contribution in [0.25, 0.3) is 0 Å². The zero-order chi connectivity index (χ0) is 20.0. The Hall–Kier alpha value is -3.15. The van der Waals surface area contributed by atoms with E-state index >= 15 is 0 Å². The Labute approximate surface area is 169 Å². The molecule has 148 valence electrons. The maximum absolute atomic E-state index is 13.2. The normalized spacial score (nSPS) is 21.2. The molecule has 3 aliphatic heterocycles. The van der Waals surface area contributed by atoms with Crippen molar-refractivity contribution in [1.82, 2.24) is 9.80 Å². The summed E-state index contributed by atoms with van der Waals surface area (Å²) in [7, 11) is 0. The molecule has 2 fully saturated rings. The second kappa shape index (κ2) is 7.03. The van der Waals surface area contributed by atoms with Gasteiger partial charge >= 0.3 is 0 Å². The molecule has 0 saturated carbocycles. The van der Waals surface area contributed by atoms with Crippen LogP contribution in [0.3, 0.4) is 0 Å². The van der Waals surface area contributed by atoms with Gasteiger partial charge in [0.05, 0.1) is 6.04 Å². The molecule has 29 heavy (non-hydrogen) atoms. The number of carbonyl (C=O) groups excluding carboxylic acids is 3. The Kier molecular flexibility index (Phi) is 4.34. The fraction of sp³-hybridized carbons (Fsp3) is 0.348. The van der Waals surface area contributed by atoms with Gasteiger partial charge in [-0.1, -0.05) is 30.3 Å². The van der Waals surface area contributed by atoms with E-state index < -0.39 is 0 Å². The molecule has 2 aromatic carbocycles. The fourth-order valence-corrected chi connectivity index (χ4v) is 4.74. The molecule has 0 aliphatic carbocycles. The van der Waals surface area contributed by atoms with Crippen molar-refractivity contribution in [3.8, 4) is 0 Å². The number of nitrogens with zero attached hydrogens (tertiary/aromatic N) is 3. The van der Waals surface area contributed by atoms with Crippen LogP contribution < -0.4 is 4.90 Å². The number of carbonyl (C=O) groups is 3. The minimum atomic E-state index is -0.158. The van der Waals surface area contributed by atoms with Crippen LogP contribution in [-0.4, -0.2) is 53.7 Å². The minimum absolute atomic E-state index is 0.00465. The molecule has 3 heterocycles. The first kappa shape index (κ1) is 17.9. The smallest absolute Gasteiger partial charge is 0.254 e. The highest BCUT2D eigenvalue weighted by atomic mass is 16.2. The lowest BCUT2D eigenvalue weighted by Crippen LogP contribution is -2.55. The van der Waals surface area contributed by atoms with E-state index in [1.165, 1.54) is 5.56 Å². The van der Waals surface area contributed by atoms with E-state index in [1.54, 1.807) is 21.9 Å². The molecular weight excluding hydrogens is 366 g/mol. The number of anilines is 1. The highest BCUT2D eigenvalue weighted by Gasteiger charge is 2.38. The Bertz CT molecular complexity index is 1000. The lowest BCUT2D eigenvalue weighted by Gasteiger charge is -2.44. The van der Waals surface area contributed by atoms with Gasteiger partial charge in [0.25, 0.3) is 5.91 Å². The fourth-order valence-electron chi connectivity index (χ4n) is 4.74. The Morgan fingerprint density at radius 3 is 2.62 bits per heavy atom. The summed E-state index contributed by atoms with van der Waals surface area (Å²) in [5.41, 5.74) is 3.67. The monoisotopic (exact) mass is 389 g/mol. The van der Waals surface area contributed by atoms with Crippen LogP contribution in [0.5, 0.6) is 0 Å². The van der Waals surface area contributed by atoms with E-state index in [2.05, 4.69) is 12.1 Å². The van der Waals surface area contributed by atoms with Gasteiger partial charge in [0, 0.05) is 37.3 Å². The molecule has 2 saturated heterocycles. The van der Waals surface area contributed by atoms with Gasteiger partial charge in [-0.2, -0.15) is 0 Å². The van der Waals surface area contributed by atoms with E-state index in [9.17, 15) is 14.4 Å². The zero-order valence-corrected chi connectivity index (χ0v) is 16.2. The maximum Gasteiger partial charge on any atom is 0.254 e. The molecule has 1 unspecified atom stereocenters. The largest absolute Gasteiger partial charge is 0.332 e. The molecule has 0 spiro atoms. The maximum atomic E-state index is 13.2. The SMILES string of the molecule is O=C(c1cccc(N2CCCC2=O)c1)N1CC(=O)N2CCc3ccccc3C2C1. The third-order valence-corrected chi connectivity index (χ3v) is 6.22. The van der Waals surface area contributed by atoms with E-state index in [-0.39, 0.29) is 30.3 Å². The number of fused-ring (bicyclic) bond motifs is 3. The summed E-state index contributed by atoms with van der Waals surface area (Å²) in [6.45, 7) is 1.99. The molecule has 0 aromatic heterocycles. The van der Waals surface area contributed by atoms with Crippen LogP contribution in [0.2, 0.25) is 0 Å². The van der Waals surface area contributed by atoms with E-state index in [0.29, 0.717) is 31.6 Å². The van der Waals surface area contributed by atoms with Crippen LogP contribution in [0, 0.1) is 0 Å². The number of hydrogen-bond acceptors (Lipinski definition) is 3. The summed E-state index contributed by atoms with van der Waals surface area (Å²) < 4.78 is 0. The van der Waals surface area contributed by atoms with Gasteiger partial charge < -0.3 is 14.7 Å². The number of benzene rings is 2. The summed E-state index contributed by atoms with van der Waals surface area (Å²) in [6, 6.07) is 15.3. The van der Waals surface area contributed by atoms with Gasteiger partial charge in [-0.15, -0.1) is 0 Å². The van der Waals surface area contributed by atoms with Crippen molar-refractivity contribution in [3.05, 3.63) is 65.2 Å². The van der Waals surface area contributed by atoms with Crippen LogP contribution in [0.15, 0.2) is 48.5 Å². The predicted octanol–water partition coefficient (Wildman–Crippen LogP) is 2.40. The first-order valence-corrected chi connectivity index (χ1v) is 10.2. The van der Waals surface area contributed by atoms with Crippen molar-refractivity contribution < 1.29 is 14.4 Å². The van der Waals surface area contributed by atoms with Crippen LogP contribution in [0.1, 0.15) is 40.4 Å². The van der Waals surface area contributed by atoms with Crippen molar-refractivity contribution in [2.24, 2.45) is 0 Å². The number of rotatable bonds is 2. The first-order chi connectivity index (χ1) is 14.1. The predicted molar refractivity (Wildman–Crippen MR) is 109 cm³/mol. The van der Waals surface area contributed by atoms with Gasteiger partial charge in [0.2, 0.25) is 11.8 Å². The third kappa shape index (κ3) is 3.09. The standard InChI is InChI=1S/C23H23N3O3/c27-21-9-4-11-25(21)18-7-3-6-17(13-18)23(29)24-14-20-19-8-2-1-5-16(19)10-12-26(20)22(28)15-24/h1-3,5-8,13,20H,4,9-12,14-15H2. The number of amides is 3. The first-order valence-electron chi connectivity index (χ1n) is 10.2. The summed E-state index contributed by atoms with van der Waals surface area (Å²) in [5.74, 6) is -0.0678. The van der Waals surface area contributed by atoms with Crippen LogP contribution in [0.4, 0.5) is 5.69 Å². The van der Waals surface area contributed by atoms with Gasteiger partial charge in [0.15, 0.2) is 0 Å². The molecule has 3 amide bonds. The molecule has 5 rings (SSSR count). The third-order valence-electron chi connectivity index (χ3n) is 6.22. The van der Waals surface area contributed by atoms with Crippen molar-refractivity contribution >= 4 is 23.4 Å². The molecule has 0 N–H and O–H groups in total. The van der Waals surface area contributed by atoms with Crippen LogP contribution in [-0.2, 0) is 16.0 Å². The quantitative estimate of drug-likeness (QED) is 0.792. The van der Waals surface area contributed by atoms with E-state index in [4.69, 9.17) is 0 Å². The van der Waals surface area contributed by atoms with E-state index in [0.717, 1.165) is 24.1 Å². The molecule has 0 radical (unpaired) electrons. The highest BCUT2D eigenvalue weighted by Crippen LogP contribution is 2.33. The van der Waals surface area contributed by atoms with Crippen molar-refractivity contribution in [1.29, 1.82) is 0 Å². The number of hydrogen-bond donors (Lipinski definition) is 0. The number of piperazine rings is 1. The molecule has 6 heteroatoms. The van der Waals surface area contributed by atoms with Gasteiger partial charge in [0.1, 0.15) is 6.54 Å². The van der Waals surface area contributed by atoms with Gasteiger partial charge in [-0.3, -0.25) is 14.4 Å². The topological polar surface area (TPSA) is 60.9 Å². The minimum Gasteiger partial charge on any atom is -0.332 e. The second-order valence-corrected chi connectivity index (χ2v) is 7.94. The van der Waals surface area contributed by atoms with Gasteiger partial charge in [-0.05, 0) is 42.2 Å². The Morgan fingerprint density at radius 2 is 1.79 bits per heavy atom. The molecular formula is C23H23N3O3. The summed E-state index contributed by atoms with van der Waals surface area (Å²) >= 11 is 0. The molecule has 1 atom stereocenters. The molecule has 3 aliphatic rings. The van der Waals surface area contributed by atoms with E-state index in [1.807, 2.05) is 29.2 Å². The van der Waals surface area contributed by atoms with Crippen molar-refractivity contribution in [2.75, 3.05) is 31.1 Å². The average Bonchev–Trinajstić information content (AvgIpc) is 3.19. The second-order valence-electron chi connectivity index (χ2n) is 7.94. The van der Waals surface area contributed by atoms with Crippen LogP contribution >= 0.6 is 0 Å². The Balaban J connectivity index is 1.41. The van der Waals surface area contributed by atoms with Crippen molar-refractivity contribution in [3.63, 3.8) is 0 Å². The van der Waals surface area contributed by atoms with Crippen molar-refractivity contribution in [2.45, 2.75) is 25.3 Å². The Morgan fingerprint density at radius 1 is 0.931 bits per heavy atom. The summed E-state index contributed by atoms with van der Waals surface area (Å²) in [5, 5.41) is 0. The molecule has 6 nitrogen and oxygen atoms in total. The lowest BCUT2D eigenvalue weighted by molar-refractivity contribution is -0.139. The zero-order valence-electron chi connectivity index (χ0n) is 16.2. The molecule has 2 aromatic rings.